The number of hydrogen-bond donors (Lipinski definition) is 1. The molecule has 40 heavy (non-hydrogen) atoms. The van der Waals surface area contributed by atoms with Crippen LogP contribution in [0.2, 0.25) is 0 Å². The van der Waals surface area contributed by atoms with Crippen LogP contribution in [0.5, 0.6) is 0 Å². The fourth-order valence-corrected chi connectivity index (χ4v) is 5.61. The maximum absolute atomic E-state index is 14.8. The number of aryl methyl sites for hydroxylation is 2. The zero-order chi connectivity index (χ0) is 29.3. The zero-order valence-corrected chi connectivity index (χ0v) is 24.4. The molecule has 0 radical (unpaired) electrons. The van der Waals surface area contributed by atoms with Crippen molar-refractivity contribution in [2.75, 3.05) is 23.7 Å². The molecule has 7 nitrogen and oxygen atoms in total. The molecule has 9 heteroatoms. The van der Waals surface area contributed by atoms with Crippen molar-refractivity contribution in [3.05, 3.63) is 101 Å². The van der Waals surface area contributed by atoms with Crippen LogP contribution >= 0.6 is 0 Å². The largest absolute Gasteiger partial charge is 0.354 e. The van der Waals surface area contributed by atoms with E-state index in [1.807, 2.05) is 43.3 Å². The third-order valence-corrected chi connectivity index (χ3v) is 7.88. The number of para-hydroxylation sites is 1. The lowest BCUT2D eigenvalue weighted by Crippen LogP contribution is -2.53. The number of anilines is 1. The fraction of sp³-hybridized carbons (Fsp3) is 0.355. The van der Waals surface area contributed by atoms with Gasteiger partial charge < -0.3 is 10.2 Å². The second kappa shape index (κ2) is 14.1. The predicted molar refractivity (Wildman–Crippen MR) is 157 cm³/mol. The molecule has 0 aliphatic carbocycles. The molecule has 0 aliphatic rings. The molecule has 3 aromatic rings. The van der Waals surface area contributed by atoms with Gasteiger partial charge in [-0.15, -0.1) is 0 Å². The summed E-state index contributed by atoms with van der Waals surface area (Å²) in [7, 11) is -3.88. The molecule has 3 rings (SSSR count). The van der Waals surface area contributed by atoms with Crippen LogP contribution in [0.15, 0.2) is 72.8 Å². The summed E-state index contributed by atoms with van der Waals surface area (Å²) >= 11 is 0. The molecule has 1 unspecified atom stereocenters. The monoisotopic (exact) mass is 567 g/mol. The number of nitrogens with zero attached hydrogens (tertiary/aromatic N) is 2. The molecule has 0 aromatic heterocycles. The highest BCUT2D eigenvalue weighted by Gasteiger charge is 2.34. The Kier molecular flexibility index (Phi) is 10.8. The van der Waals surface area contributed by atoms with Crippen LogP contribution in [0.25, 0.3) is 0 Å². The number of amides is 2. The van der Waals surface area contributed by atoms with E-state index in [1.165, 1.54) is 11.0 Å². The average molecular weight is 568 g/mol. The first-order valence-corrected chi connectivity index (χ1v) is 15.3. The van der Waals surface area contributed by atoms with Gasteiger partial charge in [-0.3, -0.25) is 13.9 Å². The maximum Gasteiger partial charge on any atom is 0.244 e. The smallest absolute Gasteiger partial charge is 0.244 e. The van der Waals surface area contributed by atoms with E-state index < -0.39 is 34.3 Å². The zero-order valence-electron chi connectivity index (χ0n) is 23.6. The van der Waals surface area contributed by atoms with Gasteiger partial charge in [-0.25, -0.2) is 12.8 Å². The minimum absolute atomic E-state index is 0.182. The Morgan fingerprint density at radius 1 is 0.925 bits per heavy atom. The van der Waals surface area contributed by atoms with E-state index in [0.717, 1.165) is 29.0 Å². The summed E-state index contributed by atoms with van der Waals surface area (Å²) in [5.74, 6) is -1.50. The van der Waals surface area contributed by atoms with Crippen molar-refractivity contribution in [1.29, 1.82) is 0 Å². The number of carbonyl (C=O) groups is 2. The molecule has 0 heterocycles. The quantitative estimate of drug-likeness (QED) is 0.302. The van der Waals surface area contributed by atoms with Crippen molar-refractivity contribution in [2.24, 2.45) is 0 Å². The molecular weight excluding hydrogens is 529 g/mol. The molecule has 0 saturated carbocycles. The Hall–Kier alpha value is -3.72. The van der Waals surface area contributed by atoms with Crippen molar-refractivity contribution in [3.63, 3.8) is 0 Å². The van der Waals surface area contributed by atoms with Gasteiger partial charge in [-0.05, 0) is 43.0 Å². The summed E-state index contributed by atoms with van der Waals surface area (Å²) in [5, 5.41) is 2.91. The number of sulfonamides is 1. The SMILES string of the molecule is CCCCNC(=O)C(Cc1ccccc1)N(Cc1ccccc1F)C(=O)CN(c1c(C)cccc1C)S(C)(=O)=O. The van der Waals surface area contributed by atoms with E-state index in [2.05, 4.69) is 5.32 Å². The first kappa shape index (κ1) is 30.8. The van der Waals surface area contributed by atoms with Crippen molar-refractivity contribution >= 4 is 27.5 Å². The van der Waals surface area contributed by atoms with E-state index in [4.69, 9.17) is 0 Å². The normalized spacial score (nSPS) is 12.0. The molecule has 1 atom stereocenters. The number of nitrogens with one attached hydrogen (secondary N) is 1. The number of carbonyl (C=O) groups excluding carboxylic acids is 2. The summed E-state index contributed by atoms with van der Waals surface area (Å²) in [6.07, 6.45) is 2.87. The van der Waals surface area contributed by atoms with Crippen LogP contribution in [-0.4, -0.2) is 50.5 Å². The Morgan fingerprint density at radius 3 is 2.15 bits per heavy atom. The highest BCUT2D eigenvalue weighted by atomic mass is 32.2. The summed E-state index contributed by atoms with van der Waals surface area (Å²) < 4.78 is 41.9. The Labute approximate surface area is 237 Å². The molecule has 3 aromatic carbocycles. The van der Waals surface area contributed by atoms with Crippen LogP contribution in [0, 0.1) is 19.7 Å². The molecule has 0 fully saturated rings. The van der Waals surface area contributed by atoms with Gasteiger partial charge in [0.05, 0.1) is 11.9 Å². The molecule has 214 valence electrons. The Morgan fingerprint density at radius 2 is 1.55 bits per heavy atom. The lowest BCUT2D eigenvalue weighted by atomic mass is 10.0. The number of rotatable bonds is 13. The Bertz CT molecular complexity index is 1390. The number of benzene rings is 3. The number of hydrogen-bond acceptors (Lipinski definition) is 4. The van der Waals surface area contributed by atoms with Crippen LogP contribution in [-0.2, 0) is 32.6 Å². The van der Waals surface area contributed by atoms with Gasteiger partial charge in [0.2, 0.25) is 21.8 Å². The summed E-state index contributed by atoms with van der Waals surface area (Å²) in [6, 6.07) is 19.7. The third kappa shape index (κ3) is 8.14. The van der Waals surface area contributed by atoms with Crippen molar-refractivity contribution in [2.45, 2.75) is 52.6 Å². The van der Waals surface area contributed by atoms with Gasteiger partial charge in [0, 0.05) is 25.1 Å². The maximum atomic E-state index is 14.8. The summed E-state index contributed by atoms with van der Waals surface area (Å²) in [4.78, 5) is 29.0. The molecule has 0 aliphatic heterocycles. The average Bonchev–Trinajstić information content (AvgIpc) is 2.91. The molecular formula is C31H38FN3O4S. The van der Waals surface area contributed by atoms with Gasteiger partial charge in [0.25, 0.3) is 0 Å². The minimum atomic E-state index is -3.88. The lowest BCUT2D eigenvalue weighted by Gasteiger charge is -2.34. The molecule has 2 amide bonds. The van der Waals surface area contributed by atoms with Gasteiger partial charge in [-0.1, -0.05) is 80.1 Å². The summed E-state index contributed by atoms with van der Waals surface area (Å²) in [5.41, 5.74) is 2.85. The molecule has 1 N–H and O–H groups in total. The van der Waals surface area contributed by atoms with E-state index >= 15 is 0 Å². The molecule has 0 bridgehead atoms. The predicted octanol–water partition coefficient (Wildman–Crippen LogP) is 4.76. The van der Waals surface area contributed by atoms with Crippen molar-refractivity contribution < 1.29 is 22.4 Å². The van der Waals surface area contributed by atoms with Crippen LogP contribution < -0.4 is 9.62 Å². The topological polar surface area (TPSA) is 86.8 Å². The first-order valence-electron chi connectivity index (χ1n) is 13.4. The number of halogens is 1. The van der Waals surface area contributed by atoms with Crippen LogP contribution in [0.3, 0.4) is 0 Å². The van der Waals surface area contributed by atoms with E-state index in [0.29, 0.717) is 23.4 Å². The summed E-state index contributed by atoms with van der Waals surface area (Å²) in [6.45, 7) is 5.26. The second-order valence-electron chi connectivity index (χ2n) is 9.97. The van der Waals surface area contributed by atoms with Gasteiger partial charge in [0.15, 0.2) is 0 Å². The third-order valence-electron chi connectivity index (χ3n) is 6.77. The van der Waals surface area contributed by atoms with E-state index in [9.17, 15) is 22.4 Å². The standard InChI is InChI=1S/C31H38FN3O4S/c1-5-6-19-33-31(37)28(20-25-15-8-7-9-16-25)34(21-26-17-10-11-18-27(26)32)29(36)22-35(40(4,38)39)30-23(2)13-12-14-24(30)3/h7-18,28H,5-6,19-22H2,1-4H3,(H,33,37). The van der Waals surface area contributed by atoms with Gasteiger partial charge in [0.1, 0.15) is 18.4 Å². The molecule has 0 saturated heterocycles. The fourth-order valence-electron chi connectivity index (χ4n) is 4.65. The second-order valence-corrected chi connectivity index (χ2v) is 11.9. The van der Waals surface area contributed by atoms with E-state index in [1.54, 1.807) is 44.2 Å². The highest BCUT2D eigenvalue weighted by molar-refractivity contribution is 7.92. The van der Waals surface area contributed by atoms with Gasteiger partial charge >= 0.3 is 0 Å². The van der Waals surface area contributed by atoms with Crippen molar-refractivity contribution in [3.8, 4) is 0 Å². The van der Waals surface area contributed by atoms with Crippen LogP contribution in [0.1, 0.15) is 42.0 Å². The molecule has 0 spiro atoms. The highest BCUT2D eigenvalue weighted by Crippen LogP contribution is 2.27. The Balaban J connectivity index is 2.08. The minimum Gasteiger partial charge on any atom is -0.354 e. The first-order chi connectivity index (χ1) is 19.0. The lowest BCUT2D eigenvalue weighted by molar-refractivity contribution is -0.140. The van der Waals surface area contributed by atoms with Crippen molar-refractivity contribution in [1.82, 2.24) is 10.2 Å². The van der Waals surface area contributed by atoms with E-state index in [-0.39, 0.29) is 24.4 Å². The number of unbranched alkanes of at least 4 members (excludes halogenated alkanes) is 1. The van der Waals surface area contributed by atoms with Gasteiger partial charge in [-0.2, -0.15) is 0 Å². The van der Waals surface area contributed by atoms with Crippen LogP contribution in [0.4, 0.5) is 10.1 Å².